The van der Waals surface area contributed by atoms with E-state index < -0.39 is 6.55 Å². The van der Waals surface area contributed by atoms with E-state index in [0.717, 1.165) is 32.7 Å². The Labute approximate surface area is 171 Å². The zero-order valence-corrected chi connectivity index (χ0v) is 17.7. The standard InChI is InChI=1S/C20H33BNO3.Li/c1-7-16(2)21(24-19(3,4)20(5,6)25-21)17-8-10-18(11-9-17)22-12-14-23-15-13-22;/h8-11,16H,7,12-15H2,1-6H3;/q-1;+1. The summed E-state index contributed by atoms with van der Waals surface area (Å²) in [6, 6.07) is 8.82. The first-order chi connectivity index (χ1) is 11.7. The molecule has 140 valence electrons. The Morgan fingerprint density at radius 2 is 1.50 bits per heavy atom. The van der Waals surface area contributed by atoms with E-state index >= 15 is 0 Å². The van der Waals surface area contributed by atoms with Crippen LogP contribution >= 0.6 is 0 Å². The molecule has 26 heavy (non-hydrogen) atoms. The third kappa shape index (κ3) is 3.75. The molecule has 3 rings (SSSR count). The maximum Gasteiger partial charge on any atom is 1.00 e. The molecule has 0 saturated carbocycles. The number of anilines is 1. The van der Waals surface area contributed by atoms with Gasteiger partial charge in [-0.15, -0.1) is 5.82 Å². The van der Waals surface area contributed by atoms with Crippen LogP contribution < -0.4 is 29.2 Å². The van der Waals surface area contributed by atoms with Crippen molar-refractivity contribution < 1.29 is 32.9 Å². The Balaban J connectivity index is 0.00000243. The largest absolute Gasteiger partial charge is 1.00 e. The molecule has 1 atom stereocenters. The average molecular weight is 353 g/mol. The maximum atomic E-state index is 6.68. The normalized spacial score (nSPS) is 24.8. The van der Waals surface area contributed by atoms with E-state index in [-0.39, 0.29) is 30.1 Å². The second-order valence-electron chi connectivity index (χ2n) is 8.60. The summed E-state index contributed by atoms with van der Waals surface area (Å²) >= 11 is 0. The first-order valence-electron chi connectivity index (χ1n) is 9.70. The van der Waals surface area contributed by atoms with Crippen LogP contribution in [0.25, 0.3) is 0 Å². The molecule has 2 aliphatic heterocycles. The molecule has 0 spiro atoms. The van der Waals surface area contributed by atoms with Gasteiger partial charge in [0.2, 0.25) is 0 Å². The molecule has 0 bridgehead atoms. The van der Waals surface area contributed by atoms with E-state index in [4.69, 9.17) is 14.0 Å². The Kier molecular flexibility index (Phi) is 6.64. The number of morpholine rings is 1. The van der Waals surface area contributed by atoms with Crippen LogP contribution in [0.1, 0.15) is 48.0 Å². The predicted molar refractivity (Wildman–Crippen MR) is 105 cm³/mol. The summed E-state index contributed by atoms with van der Waals surface area (Å²) in [6.07, 6.45) is 1.03. The van der Waals surface area contributed by atoms with Gasteiger partial charge in [-0.1, -0.05) is 32.4 Å². The molecule has 2 aliphatic rings. The van der Waals surface area contributed by atoms with Gasteiger partial charge in [0.25, 0.3) is 6.55 Å². The van der Waals surface area contributed by atoms with Gasteiger partial charge in [-0.3, -0.25) is 0 Å². The molecule has 0 aromatic heterocycles. The van der Waals surface area contributed by atoms with Crippen LogP contribution in [0.15, 0.2) is 24.3 Å². The van der Waals surface area contributed by atoms with Crippen LogP contribution in [0.4, 0.5) is 5.69 Å². The zero-order valence-electron chi connectivity index (χ0n) is 17.7. The Morgan fingerprint density at radius 1 is 1.00 bits per heavy atom. The average Bonchev–Trinajstić information content (AvgIpc) is 2.80. The van der Waals surface area contributed by atoms with Crippen LogP contribution in [0, 0.1) is 0 Å². The van der Waals surface area contributed by atoms with Gasteiger partial charge in [0.05, 0.1) is 13.2 Å². The van der Waals surface area contributed by atoms with Crippen LogP contribution in [-0.2, 0) is 14.0 Å². The number of hydrogen-bond donors (Lipinski definition) is 0. The van der Waals surface area contributed by atoms with Crippen molar-refractivity contribution in [2.24, 2.45) is 0 Å². The number of rotatable bonds is 4. The molecule has 6 heteroatoms. The van der Waals surface area contributed by atoms with Gasteiger partial charge in [-0.05, 0) is 39.8 Å². The second-order valence-corrected chi connectivity index (χ2v) is 8.60. The quantitative estimate of drug-likeness (QED) is 0.742. The fourth-order valence-corrected chi connectivity index (χ4v) is 3.97. The number of hydrogen-bond acceptors (Lipinski definition) is 4. The summed E-state index contributed by atoms with van der Waals surface area (Å²) in [5, 5.41) is 0. The van der Waals surface area contributed by atoms with Crippen molar-refractivity contribution in [1.82, 2.24) is 0 Å². The molecule has 1 aromatic rings. The minimum absolute atomic E-state index is 0. The molecule has 0 radical (unpaired) electrons. The number of nitrogens with zero attached hydrogens (tertiary/aromatic N) is 1. The van der Waals surface area contributed by atoms with Crippen molar-refractivity contribution in [1.29, 1.82) is 0 Å². The predicted octanol–water partition coefficient (Wildman–Crippen LogP) is 0.581. The fraction of sp³-hybridized carbons (Fsp3) is 0.700. The van der Waals surface area contributed by atoms with E-state index in [0.29, 0.717) is 5.82 Å². The van der Waals surface area contributed by atoms with Crippen LogP contribution in [0.5, 0.6) is 0 Å². The summed E-state index contributed by atoms with van der Waals surface area (Å²) < 4.78 is 18.8. The van der Waals surface area contributed by atoms with E-state index in [9.17, 15) is 0 Å². The van der Waals surface area contributed by atoms with Crippen molar-refractivity contribution in [3.8, 4) is 0 Å². The van der Waals surface area contributed by atoms with Crippen molar-refractivity contribution >= 4 is 17.7 Å². The molecule has 1 unspecified atom stereocenters. The van der Waals surface area contributed by atoms with Gasteiger partial charge < -0.3 is 18.9 Å². The third-order valence-corrected chi connectivity index (χ3v) is 6.52. The van der Waals surface area contributed by atoms with E-state index in [1.165, 1.54) is 11.2 Å². The summed E-state index contributed by atoms with van der Waals surface area (Å²) in [5.41, 5.74) is 1.78. The topological polar surface area (TPSA) is 30.9 Å². The summed E-state index contributed by atoms with van der Waals surface area (Å²) in [4.78, 5) is 2.38. The molecular formula is C20H33BLiNO3. The summed E-state index contributed by atoms with van der Waals surface area (Å²) in [6.45, 7) is 15.0. The van der Waals surface area contributed by atoms with Crippen LogP contribution in [0.3, 0.4) is 0 Å². The SMILES string of the molecule is CCC(C)[B-]1(c2ccc(N3CCOCC3)cc2)OC(C)(C)C(C)(C)O1.[Li+]. The molecule has 2 saturated heterocycles. The molecule has 1 aromatic carbocycles. The first-order valence-corrected chi connectivity index (χ1v) is 9.70. The molecule has 0 aliphatic carbocycles. The molecule has 2 fully saturated rings. The van der Waals surface area contributed by atoms with Crippen molar-refractivity contribution in [2.45, 2.75) is 65.0 Å². The smallest absolute Gasteiger partial charge is 0.558 e. The van der Waals surface area contributed by atoms with Crippen LogP contribution in [0.2, 0.25) is 5.82 Å². The van der Waals surface area contributed by atoms with Gasteiger partial charge >= 0.3 is 18.9 Å². The molecular weight excluding hydrogens is 320 g/mol. The Morgan fingerprint density at radius 3 is 1.96 bits per heavy atom. The van der Waals surface area contributed by atoms with E-state index in [1.54, 1.807) is 0 Å². The van der Waals surface area contributed by atoms with Gasteiger partial charge in [0, 0.05) is 30.0 Å². The van der Waals surface area contributed by atoms with Gasteiger partial charge in [0.1, 0.15) is 0 Å². The first kappa shape index (κ1) is 21.9. The Hall–Kier alpha value is -0.438. The van der Waals surface area contributed by atoms with Gasteiger partial charge in [-0.2, -0.15) is 5.46 Å². The summed E-state index contributed by atoms with van der Waals surface area (Å²) in [7, 11) is 0. The monoisotopic (exact) mass is 353 g/mol. The minimum atomic E-state index is -1.50. The van der Waals surface area contributed by atoms with E-state index in [1.807, 2.05) is 0 Å². The number of benzene rings is 1. The molecule has 0 N–H and O–H groups in total. The van der Waals surface area contributed by atoms with Gasteiger partial charge in [-0.25, -0.2) is 0 Å². The van der Waals surface area contributed by atoms with Crippen molar-refractivity contribution in [3.63, 3.8) is 0 Å². The Bertz CT molecular complexity index is 584. The van der Waals surface area contributed by atoms with Crippen molar-refractivity contribution in [2.75, 3.05) is 31.2 Å². The molecule has 0 amide bonds. The number of ether oxygens (including phenoxy) is 1. The summed E-state index contributed by atoms with van der Waals surface area (Å²) in [5.74, 6) is 0.329. The van der Waals surface area contributed by atoms with Gasteiger partial charge in [0.15, 0.2) is 0 Å². The van der Waals surface area contributed by atoms with Crippen molar-refractivity contribution in [3.05, 3.63) is 24.3 Å². The fourth-order valence-electron chi connectivity index (χ4n) is 3.97. The second kappa shape index (κ2) is 7.89. The minimum Gasteiger partial charge on any atom is -0.558 e. The third-order valence-electron chi connectivity index (χ3n) is 6.52. The molecule has 2 heterocycles. The zero-order chi connectivity index (χ0) is 18.3. The maximum absolute atomic E-state index is 6.68. The molecule has 4 nitrogen and oxygen atoms in total. The van der Waals surface area contributed by atoms with Crippen LogP contribution in [-0.4, -0.2) is 44.1 Å². The van der Waals surface area contributed by atoms with E-state index in [2.05, 4.69) is 70.7 Å².